The van der Waals surface area contributed by atoms with Crippen LogP contribution in [0.2, 0.25) is 0 Å². The molecule has 6 nitrogen and oxygen atoms in total. The lowest BCUT2D eigenvalue weighted by molar-refractivity contribution is -0.130. The first-order valence-corrected chi connectivity index (χ1v) is 8.32. The third-order valence-corrected chi connectivity index (χ3v) is 4.10. The van der Waals surface area contributed by atoms with E-state index in [9.17, 15) is 4.79 Å². The van der Waals surface area contributed by atoms with Crippen molar-refractivity contribution in [2.45, 2.75) is 12.6 Å². The molecule has 1 amide bonds. The molecular formula is C20H17N3O3. The Morgan fingerprint density at radius 2 is 1.85 bits per heavy atom. The first kappa shape index (κ1) is 16.1. The first-order valence-electron chi connectivity index (χ1n) is 8.32. The molecule has 1 aliphatic heterocycles. The molecule has 0 saturated carbocycles. The Hall–Kier alpha value is -3.41. The Balaban J connectivity index is 1.45. The first-order chi connectivity index (χ1) is 12.8. The molecule has 6 heteroatoms. The summed E-state index contributed by atoms with van der Waals surface area (Å²) >= 11 is 0. The summed E-state index contributed by atoms with van der Waals surface area (Å²) in [5, 5.41) is 2.91. The van der Waals surface area contributed by atoms with Crippen molar-refractivity contribution in [1.82, 2.24) is 15.3 Å². The highest BCUT2D eigenvalue weighted by Crippen LogP contribution is 2.30. The van der Waals surface area contributed by atoms with E-state index in [1.165, 1.54) is 0 Å². The number of carbonyl (C=O) groups is 1. The van der Waals surface area contributed by atoms with Crippen LogP contribution in [0.25, 0.3) is 11.3 Å². The molecule has 1 aliphatic rings. The van der Waals surface area contributed by atoms with Crippen LogP contribution in [0.15, 0.2) is 67.1 Å². The Kier molecular flexibility index (Phi) is 4.47. The summed E-state index contributed by atoms with van der Waals surface area (Å²) in [6.45, 7) is 0.541. The number of pyridine rings is 2. The van der Waals surface area contributed by atoms with Crippen LogP contribution >= 0.6 is 0 Å². The van der Waals surface area contributed by atoms with Crippen molar-refractivity contribution in [2.24, 2.45) is 0 Å². The molecule has 2 aromatic heterocycles. The van der Waals surface area contributed by atoms with Crippen molar-refractivity contribution < 1.29 is 14.3 Å². The van der Waals surface area contributed by atoms with Crippen LogP contribution in [0.1, 0.15) is 5.56 Å². The monoisotopic (exact) mass is 347 g/mol. The lowest BCUT2D eigenvalue weighted by atomic mass is 10.1. The van der Waals surface area contributed by atoms with Gasteiger partial charge >= 0.3 is 0 Å². The van der Waals surface area contributed by atoms with Gasteiger partial charge in [-0.3, -0.25) is 14.8 Å². The number of hydrogen-bond acceptors (Lipinski definition) is 5. The molecule has 0 unspecified atom stereocenters. The number of fused-ring (bicyclic) bond motifs is 1. The lowest BCUT2D eigenvalue weighted by Gasteiger charge is -2.25. The maximum Gasteiger partial charge on any atom is 0.264 e. The summed E-state index contributed by atoms with van der Waals surface area (Å²) in [5.41, 5.74) is 2.70. The van der Waals surface area contributed by atoms with Crippen LogP contribution in [-0.4, -0.2) is 28.6 Å². The summed E-state index contributed by atoms with van der Waals surface area (Å²) in [4.78, 5) is 20.9. The zero-order chi connectivity index (χ0) is 17.8. The highest BCUT2D eigenvalue weighted by atomic mass is 16.6. The maximum absolute atomic E-state index is 12.5. The largest absolute Gasteiger partial charge is 0.485 e. The molecule has 3 aromatic rings. The number of benzene rings is 1. The number of carbonyl (C=O) groups excluding carboxylic acids is 1. The minimum atomic E-state index is -0.675. The average molecular weight is 347 g/mol. The fraction of sp³-hybridized carbons (Fsp3) is 0.150. The van der Waals surface area contributed by atoms with E-state index in [0.29, 0.717) is 18.0 Å². The molecule has 0 saturated heterocycles. The summed E-state index contributed by atoms with van der Waals surface area (Å²) in [6.07, 6.45) is 4.50. The smallest absolute Gasteiger partial charge is 0.264 e. The van der Waals surface area contributed by atoms with Gasteiger partial charge in [-0.15, -0.1) is 0 Å². The summed E-state index contributed by atoms with van der Waals surface area (Å²) in [6, 6.07) is 14.9. The third-order valence-electron chi connectivity index (χ3n) is 4.10. The lowest BCUT2D eigenvalue weighted by Crippen LogP contribution is -2.43. The molecule has 1 N–H and O–H groups in total. The van der Waals surface area contributed by atoms with E-state index in [-0.39, 0.29) is 12.5 Å². The Morgan fingerprint density at radius 1 is 1.04 bits per heavy atom. The van der Waals surface area contributed by atoms with Gasteiger partial charge in [-0.05, 0) is 35.9 Å². The van der Waals surface area contributed by atoms with Crippen molar-refractivity contribution >= 4 is 5.91 Å². The molecule has 0 spiro atoms. The predicted molar refractivity (Wildman–Crippen MR) is 95.7 cm³/mol. The number of amides is 1. The number of nitrogens with one attached hydrogen (secondary N) is 1. The normalized spacial score (nSPS) is 15.3. The van der Waals surface area contributed by atoms with Crippen LogP contribution in [0.5, 0.6) is 11.5 Å². The molecule has 0 radical (unpaired) electrons. The molecule has 4 rings (SSSR count). The van der Waals surface area contributed by atoms with Gasteiger partial charge in [0.2, 0.25) is 6.10 Å². The fourth-order valence-corrected chi connectivity index (χ4v) is 2.80. The molecule has 130 valence electrons. The van der Waals surface area contributed by atoms with Gasteiger partial charge < -0.3 is 14.8 Å². The van der Waals surface area contributed by atoms with Gasteiger partial charge in [0.15, 0.2) is 11.5 Å². The van der Waals surface area contributed by atoms with Gasteiger partial charge in [0, 0.05) is 30.7 Å². The Bertz CT molecular complexity index is 915. The zero-order valence-corrected chi connectivity index (χ0v) is 14.0. The average Bonchev–Trinajstić information content (AvgIpc) is 2.72. The summed E-state index contributed by atoms with van der Waals surface area (Å²) in [5.74, 6) is 1.02. The van der Waals surface area contributed by atoms with Crippen LogP contribution in [0, 0.1) is 0 Å². The van der Waals surface area contributed by atoms with E-state index >= 15 is 0 Å². The molecule has 0 bridgehead atoms. The predicted octanol–water partition coefficient (Wildman–Crippen LogP) is 2.60. The summed E-state index contributed by atoms with van der Waals surface area (Å²) < 4.78 is 11.3. The van der Waals surface area contributed by atoms with Crippen molar-refractivity contribution in [1.29, 1.82) is 0 Å². The topological polar surface area (TPSA) is 73.3 Å². The fourth-order valence-electron chi connectivity index (χ4n) is 2.80. The van der Waals surface area contributed by atoms with Crippen LogP contribution in [-0.2, 0) is 11.3 Å². The van der Waals surface area contributed by atoms with Gasteiger partial charge in [-0.25, -0.2) is 0 Å². The number of nitrogens with zero attached hydrogens (tertiary/aromatic N) is 2. The molecule has 26 heavy (non-hydrogen) atoms. The van der Waals surface area contributed by atoms with Crippen LogP contribution < -0.4 is 14.8 Å². The van der Waals surface area contributed by atoms with E-state index < -0.39 is 6.10 Å². The van der Waals surface area contributed by atoms with E-state index in [4.69, 9.17) is 9.47 Å². The number of aromatic nitrogens is 2. The van der Waals surface area contributed by atoms with Gasteiger partial charge in [-0.2, -0.15) is 0 Å². The van der Waals surface area contributed by atoms with E-state index in [1.54, 1.807) is 24.7 Å². The molecule has 0 fully saturated rings. The number of ether oxygens (including phenoxy) is 2. The Labute approximate surface area is 150 Å². The third kappa shape index (κ3) is 3.35. The number of hydrogen-bond donors (Lipinski definition) is 1. The van der Waals surface area contributed by atoms with Gasteiger partial charge in [0.05, 0.1) is 5.69 Å². The van der Waals surface area contributed by atoms with Crippen LogP contribution in [0.4, 0.5) is 0 Å². The Morgan fingerprint density at radius 3 is 2.69 bits per heavy atom. The van der Waals surface area contributed by atoms with Crippen molar-refractivity contribution in [3.63, 3.8) is 0 Å². The minimum Gasteiger partial charge on any atom is -0.485 e. The van der Waals surface area contributed by atoms with Gasteiger partial charge in [0.25, 0.3) is 5.91 Å². The minimum absolute atomic E-state index is 0.188. The van der Waals surface area contributed by atoms with E-state index in [1.807, 2.05) is 42.5 Å². The second-order valence-corrected chi connectivity index (χ2v) is 5.83. The summed E-state index contributed by atoms with van der Waals surface area (Å²) in [7, 11) is 0. The van der Waals surface area contributed by atoms with Crippen molar-refractivity contribution in [3.8, 4) is 22.8 Å². The zero-order valence-electron chi connectivity index (χ0n) is 14.0. The van der Waals surface area contributed by atoms with E-state index in [2.05, 4.69) is 15.3 Å². The van der Waals surface area contributed by atoms with Gasteiger partial charge in [-0.1, -0.05) is 18.2 Å². The highest BCUT2D eigenvalue weighted by Gasteiger charge is 2.27. The number of rotatable bonds is 4. The van der Waals surface area contributed by atoms with Gasteiger partial charge in [0.1, 0.15) is 6.61 Å². The molecule has 0 aliphatic carbocycles. The maximum atomic E-state index is 12.5. The molecular weight excluding hydrogens is 330 g/mol. The van der Waals surface area contributed by atoms with Crippen molar-refractivity contribution in [2.75, 3.05) is 6.61 Å². The standard InChI is InChI=1S/C20H17N3O3/c24-20(18-13-25-16-5-1-2-6-17(16)26-18)23-12-15-4-3-9-22-19(15)14-7-10-21-11-8-14/h1-11,18H,12-13H2,(H,23,24)/t18-/m1/s1. The van der Waals surface area contributed by atoms with Crippen LogP contribution in [0.3, 0.4) is 0 Å². The highest BCUT2D eigenvalue weighted by molar-refractivity contribution is 5.82. The van der Waals surface area contributed by atoms with E-state index in [0.717, 1.165) is 16.8 Å². The second-order valence-electron chi connectivity index (χ2n) is 5.83. The molecule has 1 atom stereocenters. The molecule has 1 aromatic carbocycles. The van der Waals surface area contributed by atoms with Crippen molar-refractivity contribution in [3.05, 3.63) is 72.7 Å². The second kappa shape index (κ2) is 7.23. The quantitative estimate of drug-likeness (QED) is 0.785. The molecule has 3 heterocycles. The number of para-hydroxylation sites is 2. The SMILES string of the molecule is O=C(NCc1cccnc1-c1ccncc1)[C@H]1COc2ccccc2O1.